The van der Waals surface area contributed by atoms with E-state index in [1.807, 2.05) is 26.0 Å². The minimum atomic E-state index is -0.392. The van der Waals surface area contributed by atoms with E-state index in [0.29, 0.717) is 22.1 Å². The van der Waals surface area contributed by atoms with Crippen molar-refractivity contribution < 1.29 is 14.3 Å². The van der Waals surface area contributed by atoms with E-state index in [1.165, 1.54) is 23.9 Å². The van der Waals surface area contributed by atoms with Gasteiger partial charge in [-0.15, -0.1) is 5.10 Å². The van der Waals surface area contributed by atoms with E-state index in [9.17, 15) is 9.59 Å². The van der Waals surface area contributed by atoms with Gasteiger partial charge in [0.1, 0.15) is 5.75 Å². The number of hydrogen-bond donors (Lipinski definition) is 1. The molecule has 0 spiro atoms. The van der Waals surface area contributed by atoms with Crippen LogP contribution in [0.2, 0.25) is 5.02 Å². The standard InChI is InChI=1S/C21H20ClN3O4/c1-13-4-6-16(10-14(13)2)25-21(27)9-8-20(24-25)29-12-19(26)23-15-5-7-18(28-3)17(22)11-15/h4-11H,12H2,1-3H3,(H,23,26). The van der Waals surface area contributed by atoms with Crippen LogP contribution in [0.1, 0.15) is 11.1 Å². The Morgan fingerprint density at radius 1 is 1.10 bits per heavy atom. The number of ether oxygens (including phenoxy) is 2. The van der Waals surface area contributed by atoms with Crippen LogP contribution >= 0.6 is 11.6 Å². The monoisotopic (exact) mass is 413 g/mol. The maximum Gasteiger partial charge on any atom is 0.271 e. The maximum atomic E-state index is 12.2. The summed E-state index contributed by atoms with van der Waals surface area (Å²) in [7, 11) is 1.51. The van der Waals surface area contributed by atoms with Crippen LogP contribution in [0, 0.1) is 13.8 Å². The van der Waals surface area contributed by atoms with Gasteiger partial charge in [0.2, 0.25) is 5.88 Å². The third-order valence-corrected chi connectivity index (χ3v) is 4.59. The molecule has 0 saturated heterocycles. The fraction of sp³-hybridized carbons (Fsp3) is 0.190. The van der Waals surface area contributed by atoms with Crippen molar-refractivity contribution in [2.45, 2.75) is 13.8 Å². The number of aryl methyl sites for hydroxylation is 2. The van der Waals surface area contributed by atoms with E-state index in [0.717, 1.165) is 11.1 Å². The molecule has 1 amide bonds. The molecule has 1 heterocycles. The van der Waals surface area contributed by atoms with Crippen molar-refractivity contribution >= 4 is 23.2 Å². The lowest BCUT2D eigenvalue weighted by molar-refractivity contribution is -0.118. The Balaban J connectivity index is 1.69. The Morgan fingerprint density at radius 2 is 1.90 bits per heavy atom. The van der Waals surface area contributed by atoms with E-state index in [1.54, 1.807) is 24.3 Å². The highest BCUT2D eigenvalue weighted by molar-refractivity contribution is 6.32. The molecule has 8 heteroatoms. The number of benzene rings is 2. The minimum absolute atomic E-state index is 0.158. The molecule has 1 N–H and O–H groups in total. The molecule has 0 atom stereocenters. The second-order valence-corrected chi connectivity index (χ2v) is 6.78. The molecule has 7 nitrogen and oxygen atoms in total. The highest BCUT2D eigenvalue weighted by atomic mass is 35.5. The molecule has 3 rings (SSSR count). The van der Waals surface area contributed by atoms with Crippen molar-refractivity contribution in [3.05, 3.63) is 75.0 Å². The second-order valence-electron chi connectivity index (χ2n) is 6.38. The topological polar surface area (TPSA) is 82.5 Å². The number of anilines is 1. The summed E-state index contributed by atoms with van der Waals surface area (Å²) < 4.78 is 11.8. The number of aromatic nitrogens is 2. The Hall–Kier alpha value is -3.32. The number of rotatable bonds is 6. The molecule has 0 radical (unpaired) electrons. The van der Waals surface area contributed by atoms with Gasteiger partial charge in [-0.25, -0.2) is 0 Å². The molecule has 0 unspecified atom stereocenters. The van der Waals surface area contributed by atoms with Gasteiger partial charge in [-0.3, -0.25) is 9.59 Å². The lowest BCUT2D eigenvalue weighted by Gasteiger charge is -2.11. The zero-order valence-electron chi connectivity index (χ0n) is 16.2. The van der Waals surface area contributed by atoms with Crippen molar-refractivity contribution in [3.63, 3.8) is 0 Å². The van der Waals surface area contributed by atoms with E-state index >= 15 is 0 Å². The predicted octanol–water partition coefficient (Wildman–Crippen LogP) is 3.53. The fourth-order valence-corrected chi connectivity index (χ4v) is 2.85. The maximum absolute atomic E-state index is 12.2. The van der Waals surface area contributed by atoms with Gasteiger partial charge in [0.05, 0.1) is 17.8 Å². The summed E-state index contributed by atoms with van der Waals surface area (Å²) in [5.74, 6) is 0.279. The van der Waals surface area contributed by atoms with E-state index < -0.39 is 5.91 Å². The first kappa shape index (κ1) is 20.4. The predicted molar refractivity (Wildman–Crippen MR) is 111 cm³/mol. The molecule has 150 valence electrons. The van der Waals surface area contributed by atoms with Crippen molar-refractivity contribution in [1.29, 1.82) is 0 Å². The van der Waals surface area contributed by atoms with Gasteiger partial charge in [0.25, 0.3) is 11.5 Å². The molecule has 0 fully saturated rings. The van der Waals surface area contributed by atoms with Gasteiger partial charge in [0, 0.05) is 17.8 Å². The molecule has 0 aliphatic rings. The highest BCUT2D eigenvalue weighted by Gasteiger charge is 2.09. The van der Waals surface area contributed by atoms with Crippen LogP contribution in [0.5, 0.6) is 11.6 Å². The number of carbonyl (C=O) groups is 1. The number of halogens is 1. The van der Waals surface area contributed by atoms with Gasteiger partial charge < -0.3 is 14.8 Å². The number of hydrogen-bond acceptors (Lipinski definition) is 5. The van der Waals surface area contributed by atoms with Crippen LogP contribution in [-0.2, 0) is 4.79 Å². The Morgan fingerprint density at radius 3 is 2.59 bits per heavy atom. The summed E-state index contributed by atoms with van der Waals surface area (Å²) in [6, 6.07) is 13.3. The summed E-state index contributed by atoms with van der Waals surface area (Å²) in [6.07, 6.45) is 0. The van der Waals surface area contributed by atoms with Gasteiger partial charge in [0.15, 0.2) is 6.61 Å². The number of nitrogens with zero attached hydrogens (tertiary/aromatic N) is 2. The smallest absolute Gasteiger partial charge is 0.271 e. The third-order valence-electron chi connectivity index (χ3n) is 4.30. The van der Waals surface area contributed by atoms with Gasteiger partial charge in [-0.05, 0) is 55.3 Å². The van der Waals surface area contributed by atoms with Crippen LogP contribution in [0.4, 0.5) is 5.69 Å². The first-order valence-corrected chi connectivity index (χ1v) is 9.19. The van der Waals surface area contributed by atoms with Crippen LogP contribution in [-0.4, -0.2) is 29.4 Å². The molecule has 1 aromatic heterocycles. The Kier molecular flexibility index (Phi) is 6.19. The van der Waals surface area contributed by atoms with Crippen molar-refractivity contribution in [3.8, 4) is 17.3 Å². The highest BCUT2D eigenvalue weighted by Crippen LogP contribution is 2.27. The molecule has 0 saturated carbocycles. The number of methoxy groups -OCH3 is 1. The molecule has 0 bridgehead atoms. The summed E-state index contributed by atoms with van der Waals surface area (Å²) >= 11 is 6.05. The Bertz CT molecular complexity index is 1110. The molecular weight excluding hydrogens is 394 g/mol. The fourth-order valence-electron chi connectivity index (χ4n) is 2.59. The van der Waals surface area contributed by atoms with Crippen LogP contribution in [0.25, 0.3) is 5.69 Å². The lowest BCUT2D eigenvalue weighted by Crippen LogP contribution is -2.24. The quantitative estimate of drug-likeness (QED) is 0.668. The van der Waals surface area contributed by atoms with Crippen LogP contribution in [0.3, 0.4) is 0 Å². The zero-order chi connectivity index (χ0) is 21.0. The number of nitrogens with one attached hydrogen (secondary N) is 1. The molecule has 2 aromatic carbocycles. The van der Waals surface area contributed by atoms with Gasteiger partial charge in [-0.1, -0.05) is 17.7 Å². The summed E-state index contributed by atoms with van der Waals surface area (Å²) in [6.45, 7) is 3.67. The average molecular weight is 414 g/mol. The Labute approximate surface area is 172 Å². The molecule has 29 heavy (non-hydrogen) atoms. The molecule has 0 aliphatic heterocycles. The minimum Gasteiger partial charge on any atom is -0.495 e. The van der Waals surface area contributed by atoms with E-state index in [4.69, 9.17) is 21.1 Å². The van der Waals surface area contributed by atoms with Crippen molar-refractivity contribution in [2.75, 3.05) is 19.0 Å². The zero-order valence-corrected chi connectivity index (χ0v) is 17.0. The van der Waals surface area contributed by atoms with E-state index in [-0.39, 0.29) is 18.0 Å². The summed E-state index contributed by atoms with van der Waals surface area (Å²) in [5.41, 5.74) is 3.00. The van der Waals surface area contributed by atoms with Gasteiger partial charge >= 0.3 is 0 Å². The van der Waals surface area contributed by atoms with Crippen molar-refractivity contribution in [2.24, 2.45) is 0 Å². The molecule has 0 aliphatic carbocycles. The van der Waals surface area contributed by atoms with Crippen molar-refractivity contribution in [1.82, 2.24) is 9.78 Å². The number of amides is 1. The first-order valence-electron chi connectivity index (χ1n) is 8.81. The average Bonchev–Trinajstić information content (AvgIpc) is 2.70. The summed E-state index contributed by atoms with van der Waals surface area (Å²) in [5, 5.41) is 7.25. The SMILES string of the molecule is COc1ccc(NC(=O)COc2ccc(=O)n(-c3ccc(C)c(C)c3)n2)cc1Cl. The van der Waals surface area contributed by atoms with Gasteiger partial charge in [-0.2, -0.15) is 4.68 Å². The first-order chi connectivity index (χ1) is 13.9. The number of carbonyl (C=O) groups excluding carboxylic acids is 1. The largest absolute Gasteiger partial charge is 0.495 e. The third kappa shape index (κ3) is 4.94. The molecule has 3 aromatic rings. The lowest BCUT2D eigenvalue weighted by atomic mass is 10.1. The van der Waals surface area contributed by atoms with Crippen LogP contribution < -0.4 is 20.3 Å². The van der Waals surface area contributed by atoms with Crippen LogP contribution in [0.15, 0.2) is 53.3 Å². The summed E-state index contributed by atoms with van der Waals surface area (Å²) in [4.78, 5) is 24.3. The molecular formula is C21H20ClN3O4. The second kappa shape index (κ2) is 8.79. The normalized spacial score (nSPS) is 10.5. The van der Waals surface area contributed by atoms with E-state index in [2.05, 4.69) is 10.4 Å².